The van der Waals surface area contributed by atoms with Crippen LogP contribution in [0.2, 0.25) is 0 Å². The number of carbonyl (C=O) groups is 1. The average molecular weight is 350 g/mol. The van der Waals surface area contributed by atoms with Gasteiger partial charge in [0.15, 0.2) is 0 Å². The minimum absolute atomic E-state index is 0.0492. The number of aliphatic hydroxyl groups is 1. The number of piperidine rings is 1. The zero-order valence-electron chi connectivity index (χ0n) is 15.8. The van der Waals surface area contributed by atoms with Gasteiger partial charge in [-0.3, -0.25) is 9.69 Å². The number of nitrogens with one attached hydrogen (secondary N) is 1. The van der Waals surface area contributed by atoms with Crippen LogP contribution in [0.15, 0.2) is 18.2 Å². The van der Waals surface area contributed by atoms with Crippen molar-refractivity contribution >= 4 is 5.91 Å². The van der Waals surface area contributed by atoms with E-state index >= 15 is 0 Å². The second-order valence-corrected chi connectivity index (χ2v) is 7.90. The van der Waals surface area contributed by atoms with Crippen molar-refractivity contribution < 1.29 is 14.3 Å². The summed E-state index contributed by atoms with van der Waals surface area (Å²) in [6.07, 6.45) is 1.62. The number of nitrogens with zero attached hydrogens (tertiary/aromatic N) is 1. The highest BCUT2D eigenvalue weighted by Crippen LogP contribution is 2.33. The fraction of sp³-hybridized carbons (Fsp3) is 0.650. The van der Waals surface area contributed by atoms with Crippen LogP contribution in [0.4, 0.5) is 4.39 Å². The predicted octanol–water partition coefficient (Wildman–Crippen LogP) is 3.05. The summed E-state index contributed by atoms with van der Waals surface area (Å²) >= 11 is 0. The Balaban J connectivity index is 2.00. The molecule has 1 saturated heterocycles. The van der Waals surface area contributed by atoms with Crippen LogP contribution in [-0.2, 0) is 11.4 Å². The zero-order chi connectivity index (χ0) is 18.6. The number of hydrogen-bond donors (Lipinski definition) is 2. The molecule has 4 nitrogen and oxygen atoms in total. The van der Waals surface area contributed by atoms with Crippen LogP contribution in [0.25, 0.3) is 0 Å². The highest BCUT2D eigenvalue weighted by atomic mass is 19.1. The standard InChI is InChI=1S/C20H31FN2O2/c1-14(2)12-22-19(25)20(3,4)23-10-8-15(9-11-23)17-7-5-6-16(13-24)18(17)21/h5-7,14-15,24H,8-13H2,1-4H3,(H,22,25). The molecule has 1 amide bonds. The Morgan fingerprint density at radius 1 is 1.36 bits per heavy atom. The van der Waals surface area contributed by atoms with Crippen molar-refractivity contribution in [3.05, 3.63) is 35.1 Å². The maximum atomic E-state index is 14.5. The molecule has 2 N–H and O–H groups in total. The van der Waals surface area contributed by atoms with Crippen molar-refractivity contribution in [2.45, 2.75) is 58.6 Å². The summed E-state index contributed by atoms with van der Waals surface area (Å²) in [5, 5.41) is 12.3. The number of amides is 1. The Labute approximate surface area is 150 Å². The molecular weight excluding hydrogens is 319 g/mol. The minimum atomic E-state index is -0.564. The van der Waals surface area contributed by atoms with Crippen LogP contribution in [0.5, 0.6) is 0 Å². The number of halogens is 1. The van der Waals surface area contributed by atoms with E-state index in [2.05, 4.69) is 24.1 Å². The lowest BCUT2D eigenvalue weighted by Crippen LogP contribution is -2.57. The first-order valence-electron chi connectivity index (χ1n) is 9.18. The second-order valence-electron chi connectivity index (χ2n) is 7.90. The summed E-state index contributed by atoms with van der Waals surface area (Å²) in [6.45, 7) is 9.98. The SMILES string of the molecule is CC(C)CNC(=O)C(C)(C)N1CCC(c2cccc(CO)c2F)CC1. The number of aliphatic hydroxyl groups excluding tert-OH is 1. The van der Waals surface area contributed by atoms with Gasteiger partial charge >= 0.3 is 0 Å². The molecule has 2 rings (SSSR count). The van der Waals surface area contributed by atoms with Crippen LogP contribution in [0.3, 0.4) is 0 Å². The molecule has 1 aliphatic rings. The second kappa shape index (κ2) is 8.28. The van der Waals surface area contributed by atoms with Crippen LogP contribution >= 0.6 is 0 Å². The van der Waals surface area contributed by atoms with Gasteiger partial charge in [0.2, 0.25) is 5.91 Å². The Morgan fingerprint density at radius 2 is 2.00 bits per heavy atom. The van der Waals surface area contributed by atoms with Crippen LogP contribution in [0.1, 0.15) is 57.6 Å². The number of hydrogen-bond acceptors (Lipinski definition) is 3. The minimum Gasteiger partial charge on any atom is -0.392 e. The van der Waals surface area contributed by atoms with Crippen molar-refractivity contribution in [3.63, 3.8) is 0 Å². The fourth-order valence-electron chi connectivity index (χ4n) is 3.44. The third-order valence-corrected chi connectivity index (χ3v) is 5.23. The molecule has 0 radical (unpaired) electrons. The molecule has 0 unspecified atom stereocenters. The van der Waals surface area contributed by atoms with E-state index in [-0.39, 0.29) is 24.2 Å². The molecule has 0 aliphatic carbocycles. The quantitative estimate of drug-likeness (QED) is 0.829. The van der Waals surface area contributed by atoms with Crippen molar-refractivity contribution in [3.8, 4) is 0 Å². The first-order chi connectivity index (χ1) is 11.8. The maximum absolute atomic E-state index is 14.5. The van der Waals surface area contributed by atoms with Crippen molar-refractivity contribution in [1.29, 1.82) is 0 Å². The van der Waals surface area contributed by atoms with Gasteiger partial charge in [-0.2, -0.15) is 0 Å². The molecule has 0 saturated carbocycles. The molecule has 25 heavy (non-hydrogen) atoms. The van der Waals surface area contributed by atoms with Gasteiger partial charge in [0, 0.05) is 12.1 Å². The summed E-state index contributed by atoms with van der Waals surface area (Å²) in [7, 11) is 0. The van der Waals surface area contributed by atoms with Gasteiger partial charge in [-0.1, -0.05) is 32.0 Å². The van der Waals surface area contributed by atoms with E-state index in [0.29, 0.717) is 23.6 Å². The lowest BCUT2D eigenvalue weighted by molar-refractivity contribution is -0.132. The molecule has 0 bridgehead atoms. The summed E-state index contributed by atoms with van der Waals surface area (Å²) in [5.74, 6) is 0.329. The van der Waals surface area contributed by atoms with E-state index in [0.717, 1.165) is 25.9 Å². The van der Waals surface area contributed by atoms with E-state index < -0.39 is 5.54 Å². The Bertz CT molecular complexity index is 593. The Kier molecular flexibility index (Phi) is 6.58. The number of benzene rings is 1. The summed E-state index contributed by atoms with van der Waals surface area (Å²) in [4.78, 5) is 14.7. The third-order valence-electron chi connectivity index (χ3n) is 5.23. The molecule has 1 aromatic carbocycles. The Hall–Kier alpha value is -1.46. The molecule has 1 aromatic rings. The van der Waals surface area contributed by atoms with Crippen LogP contribution in [0, 0.1) is 11.7 Å². The van der Waals surface area contributed by atoms with E-state index in [1.807, 2.05) is 19.9 Å². The lowest BCUT2D eigenvalue weighted by Gasteiger charge is -2.42. The van der Waals surface area contributed by atoms with Crippen molar-refractivity contribution in [1.82, 2.24) is 10.2 Å². The molecule has 1 fully saturated rings. The molecule has 0 atom stereocenters. The molecule has 0 aromatic heterocycles. The Morgan fingerprint density at radius 3 is 2.56 bits per heavy atom. The third kappa shape index (κ3) is 4.59. The van der Waals surface area contributed by atoms with Crippen LogP contribution in [-0.4, -0.2) is 41.1 Å². The topological polar surface area (TPSA) is 52.6 Å². The first-order valence-corrected chi connectivity index (χ1v) is 9.18. The molecule has 1 heterocycles. The summed E-state index contributed by atoms with van der Waals surface area (Å²) in [5.41, 5.74) is 0.479. The van der Waals surface area contributed by atoms with Gasteiger partial charge in [-0.25, -0.2) is 4.39 Å². The van der Waals surface area contributed by atoms with Crippen LogP contribution < -0.4 is 5.32 Å². The molecular formula is C20H31FN2O2. The normalized spacial score (nSPS) is 17.1. The summed E-state index contributed by atoms with van der Waals surface area (Å²) in [6, 6.07) is 5.24. The van der Waals surface area contributed by atoms with Crippen molar-refractivity contribution in [2.24, 2.45) is 5.92 Å². The van der Waals surface area contributed by atoms with Gasteiger partial charge in [-0.15, -0.1) is 0 Å². The molecule has 0 spiro atoms. The van der Waals surface area contributed by atoms with Gasteiger partial charge in [-0.05, 0) is 57.2 Å². The van der Waals surface area contributed by atoms with E-state index in [1.54, 1.807) is 12.1 Å². The maximum Gasteiger partial charge on any atom is 0.239 e. The number of rotatable bonds is 6. The average Bonchev–Trinajstić information content (AvgIpc) is 2.60. The summed E-state index contributed by atoms with van der Waals surface area (Å²) < 4.78 is 14.5. The monoisotopic (exact) mass is 350 g/mol. The van der Waals surface area contributed by atoms with E-state index in [1.165, 1.54) is 0 Å². The number of likely N-dealkylation sites (tertiary alicyclic amines) is 1. The molecule has 140 valence electrons. The lowest BCUT2D eigenvalue weighted by atomic mass is 9.86. The smallest absolute Gasteiger partial charge is 0.239 e. The number of carbonyl (C=O) groups excluding carboxylic acids is 1. The predicted molar refractivity (Wildman–Crippen MR) is 97.8 cm³/mol. The van der Waals surface area contributed by atoms with Gasteiger partial charge < -0.3 is 10.4 Å². The first kappa shape index (κ1) is 19.9. The fourth-order valence-corrected chi connectivity index (χ4v) is 3.44. The van der Waals surface area contributed by atoms with E-state index in [9.17, 15) is 14.3 Å². The van der Waals surface area contributed by atoms with E-state index in [4.69, 9.17) is 0 Å². The van der Waals surface area contributed by atoms with Gasteiger partial charge in [0.05, 0.1) is 12.1 Å². The highest BCUT2D eigenvalue weighted by molar-refractivity contribution is 5.85. The van der Waals surface area contributed by atoms with Crippen molar-refractivity contribution in [2.75, 3.05) is 19.6 Å². The van der Waals surface area contributed by atoms with Gasteiger partial charge in [0.1, 0.15) is 5.82 Å². The van der Waals surface area contributed by atoms with Gasteiger partial charge in [0.25, 0.3) is 0 Å². The molecule has 5 heteroatoms. The highest BCUT2D eigenvalue weighted by Gasteiger charge is 2.37. The zero-order valence-corrected chi connectivity index (χ0v) is 15.8. The molecule has 1 aliphatic heterocycles. The largest absolute Gasteiger partial charge is 0.392 e.